The predicted octanol–water partition coefficient (Wildman–Crippen LogP) is 0.655. The van der Waals surface area contributed by atoms with Gasteiger partial charge in [-0.1, -0.05) is 0 Å². The molecule has 104 valence electrons. The van der Waals surface area contributed by atoms with E-state index in [4.69, 9.17) is 0 Å². The summed E-state index contributed by atoms with van der Waals surface area (Å²) in [6, 6.07) is 2.57. The second-order valence-corrected chi connectivity index (χ2v) is 4.89. The first kappa shape index (κ1) is 12.6. The highest BCUT2D eigenvalue weighted by atomic mass is 16.2. The summed E-state index contributed by atoms with van der Waals surface area (Å²) in [6.07, 6.45) is 4.32. The number of anilines is 1. The van der Waals surface area contributed by atoms with Gasteiger partial charge in [-0.25, -0.2) is 4.68 Å². The lowest BCUT2D eigenvalue weighted by molar-refractivity contribution is -0.119. The molecule has 2 heterocycles. The number of nitrogens with one attached hydrogen (secondary N) is 2. The van der Waals surface area contributed by atoms with Crippen LogP contribution in [0.3, 0.4) is 0 Å². The summed E-state index contributed by atoms with van der Waals surface area (Å²) in [5.74, 6) is 0.192. The van der Waals surface area contributed by atoms with E-state index < -0.39 is 6.04 Å². The minimum Gasteiger partial charge on any atom is -0.309 e. The van der Waals surface area contributed by atoms with Gasteiger partial charge in [0, 0.05) is 12.1 Å². The number of carbonyl (C=O) groups is 1. The van der Waals surface area contributed by atoms with Crippen LogP contribution in [0, 0.1) is 0 Å². The fourth-order valence-electron chi connectivity index (χ4n) is 2.37. The Labute approximate surface area is 115 Å². The smallest absolute Gasteiger partial charge is 0.267 e. The number of aryl methyl sites for hydroxylation is 2. The van der Waals surface area contributed by atoms with E-state index in [9.17, 15) is 9.59 Å². The Balaban J connectivity index is 1.85. The lowest BCUT2D eigenvalue weighted by Crippen LogP contribution is -2.34. The fourth-order valence-corrected chi connectivity index (χ4v) is 2.37. The molecular formula is C13H15N5O2. The molecule has 7 nitrogen and oxygen atoms in total. The molecule has 20 heavy (non-hydrogen) atoms. The Morgan fingerprint density at radius 3 is 3.10 bits per heavy atom. The van der Waals surface area contributed by atoms with E-state index >= 15 is 0 Å². The van der Waals surface area contributed by atoms with Crippen molar-refractivity contribution in [3.8, 4) is 0 Å². The second-order valence-electron chi connectivity index (χ2n) is 4.89. The van der Waals surface area contributed by atoms with Crippen molar-refractivity contribution >= 4 is 11.7 Å². The van der Waals surface area contributed by atoms with Gasteiger partial charge < -0.3 is 5.32 Å². The highest BCUT2D eigenvalue weighted by Gasteiger charge is 2.21. The van der Waals surface area contributed by atoms with Crippen LogP contribution in [0.4, 0.5) is 5.82 Å². The first-order chi connectivity index (χ1) is 9.65. The van der Waals surface area contributed by atoms with Crippen LogP contribution in [0.15, 0.2) is 23.1 Å². The van der Waals surface area contributed by atoms with E-state index in [1.165, 1.54) is 4.68 Å². The number of rotatable bonds is 3. The highest BCUT2D eigenvalue weighted by Crippen LogP contribution is 2.18. The van der Waals surface area contributed by atoms with Gasteiger partial charge in [0.2, 0.25) is 5.91 Å². The number of aromatic nitrogens is 4. The zero-order chi connectivity index (χ0) is 14.1. The molecule has 0 saturated heterocycles. The van der Waals surface area contributed by atoms with Gasteiger partial charge in [0.15, 0.2) is 0 Å². The molecule has 1 aliphatic carbocycles. The number of fused-ring (bicyclic) bond motifs is 1. The number of hydrogen-bond donors (Lipinski definition) is 2. The van der Waals surface area contributed by atoms with Gasteiger partial charge in [0.25, 0.3) is 5.56 Å². The van der Waals surface area contributed by atoms with Gasteiger partial charge in [0.1, 0.15) is 11.9 Å². The molecule has 1 atom stereocenters. The molecular weight excluding hydrogens is 258 g/mol. The van der Waals surface area contributed by atoms with Crippen LogP contribution in [0.25, 0.3) is 0 Å². The molecule has 0 radical (unpaired) electrons. The van der Waals surface area contributed by atoms with Gasteiger partial charge in [-0.05, 0) is 31.7 Å². The van der Waals surface area contributed by atoms with Crippen molar-refractivity contribution in [1.29, 1.82) is 0 Å². The molecule has 0 aromatic carbocycles. The van der Waals surface area contributed by atoms with Crippen molar-refractivity contribution in [2.75, 3.05) is 5.32 Å². The number of nitrogens with zero attached hydrogens (tertiary/aromatic N) is 3. The van der Waals surface area contributed by atoms with Crippen LogP contribution in [0.1, 0.15) is 30.6 Å². The maximum Gasteiger partial charge on any atom is 0.267 e. The maximum absolute atomic E-state index is 12.1. The average molecular weight is 273 g/mol. The Morgan fingerprint density at radius 2 is 2.35 bits per heavy atom. The van der Waals surface area contributed by atoms with Crippen LogP contribution in [-0.2, 0) is 17.6 Å². The molecule has 1 aliphatic rings. The normalized spacial score (nSPS) is 14.8. The largest absolute Gasteiger partial charge is 0.309 e. The van der Waals surface area contributed by atoms with Crippen molar-refractivity contribution < 1.29 is 4.79 Å². The van der Waals surface area contributed by atoms with E-state index in [2.05, 4.69) is 20.6 Å². The molecule has 0 aliphatic heterocycles. The number of hydrogen-bond acceptors (Lipinski definition) is 4. The Kier molecular flexibility index (Phi) is 3.09. The molecule has 0 spiro atoms. The van der Waals surface area contributed by atoms with Crippen molar-refractivity contribution in [1.82, 2.24) is 20.0 Å². The van der Waals surface area contributed by atoms with Crippen LogP contribution >= 0.6 is 0 Å². The van der Waals surface area contributed by atoms with Crippen molar-refractivity contribution in [3.63, 3.8) is 0 Å². The maximum atomic E-state index is 12.1. The van der Waals surface area contributed by atoms with Gasteiger partial charge in [-0.2, -0.15) is 10.2 Å². The lowest BCUT2D eigenvalue weighted by Gasteiger charge is -2.14. The standard InChI is InChI=1S/C13H15N5O2/c1-8(13(20)15-11-5-6-14-16-11)18-12(19)7-9-3-2-4-10(9)17-18/h5-8H,2-4H2,1H3,(H2,14,15,16,20). The van der Waals surface area contributed by atoms with Gasteiger partial charge >= 0.3 is 0 Å². The second kappa shape index (κ2) is 4.92. The Hall–Kier alpha value is -2.44. The quantitative estimate of drug-likeness (QED) is 0.859. The molecule has 3 rings (SSSR count). The summed E-state index contributed by atoms with van der Waals surface area (Å²) in [5, 5.41) is 13.4. The van der Waals surface area contributed by atoms with E-state index in [1.807, 2.05) is 0 Å². The van der Waals surface area contributed by atoms with Crippen molar-refractivity contribution in [2.24, 2.45) is 0 Å². The molecule has 1 unspecified atom stereocenters. The Bertz CT molecular complexity index is 689. The van der Waals surface area contributed by atoms with Crippen LogP contribution in [-0.4, -0.2) is 25.9 Å². The summed E-state index contributed by atoms with van der Waals surface area (Å²) in [5.41, 5.74) is 1.69. The summed E-state index contributed by atoms with van der Waals surface area (Å²) in [6.45, 7) is 1.65. The first-order valence-electron chi connectivity index (χ1n) is 6.57. The Morgan fingerprint density at radius 1 is 1.50 bits per heavy atom. The van der Waals surface area contributed by atoms with E-state index in [-0.39, 0.29) is 11.5 Å². The van der Waals surface area contributed by atoms with E-state index in [1.54, 1.807) is 25.3 Å². The fraction of sp³-hybridized carbons (Fsp3) is 0.385. The molecule has 0 bridgehead atoms. The molecule has 2 aromatic rings. The number of carbonyl (C=O) groups excluding carboxylic acids is 1. The van der Waals surface area contributed by atoms with Gasteiger partial charge in [0.05, 0.1) is 11.9 Å². The molecule has 0 fully saturated rings. The summed E-state index contributed by atoms with van der Waals surface area (Å²) in [4.78, 5) is 24.1. The minimum atomic E-state index is -0.670. The third-order valence-corrected chi connectivity index (χ3v) is 3.49. The third kappa shape index (κ3) is 2.22. The summed E-state index contributed by atoms with van der Waals surface area (Å²) < 4.78 is 1.25. The van der Waals surface area contributed by atoms with Crippen molar-refractivity contribution in [2.45, 2.75) is 32.2 Å². The summed E-state index contributed by atoms with van der Waals surface area (Å²) >= 11 is 0. The SMILES string of the molecule is CC(C(=O)Nc1ccn[nH]1)n1nc2c(cc1=O)CCC2. The average Bonchev–Trinajstić information content (AvgIpc) is 3.07. The molecule has 2 N–H and O–H groups in total. The van der Waals surface area contributed by atoms with E-state index in [0.717, 1.165) is 30.5 Å². The molecule has 0 saturated carbocycles. The van der Waals surface area contributed by atoms with Gasteiger partial charge in [-0.15, -0.1) is 0 Å². The van der Waals surface area contributed by atoms with Gasteiger partial charge in [-0.3, -0.25) is 14.7 Å². The zero-order valence-corrected chi connectivity index (χ0v) is 11.1. The number of amides is 1. The van der Waals surface area contributed by atoms with E-state index in [0.29, 0.717) is 5.82 Å². The van der Waals surface area contributed by atoms with Crippen LogP contribution in [0.5, 0.6) is 0 Å². The highest BCUT2D eigenvalue weighted by molar-refractivity contribution is 5.92. The minimum absolute atomic E-state index is 0.238. The monoisotopic (exact) mass is 273 g/mol. The summed E-state index contributed by atoms with van der Waals surface area (Å²) in [7, 11) is 0. The van der Waals surface area contributed by atoms with Crippen molar-refractivity contribution in [3.05, 3.63) is 39.9 Å². The predicted molar refractivity (Wildman–Crippen MR) is 72.5 cm³/mol. The topological polar surface area (TPSA) is 92.7 Å². The zero-order valence-electron chi connectivity index (χ0n) is 11.1. The molecule has 1 amide bonds. The molecule has 7 heteroatoms. The lowest BCUT2D eigenvalue weighted by atomic mass is 10.2. The molecule has 2 aromatic heterocycles. The first-order valence-corrected chi connectivity index (χ1v) is 6.57. The number of aromatic amines is 1. The van der Waals surface area contributed by atoms with Crippen LogP contribution in [0.2, 0.25) is 0 Å². The number of H-pyrrole nitrogens is 1. The van der Waals surface area contributed by atoms with Crippen LogP contribution < -0.4 is 10.9 Å². The third-order valence-electron chi connectivity index (χ3n) is 3.49.